The number of nitriles is 1. The molecular formula is C14H15NO. The maximum Gasteiger partial charge on any atom is 0.183 e. The number of aryl methyl sites for hydroxylation is 2. The lowest BCUT2D eigenvalue weighted by molar-refractivity contribution is 0.0748. The van der Waals surface area contributed by atoms with Gasteiger partial charge in [-0.05, 0) is 38.7 Å². The molecule has 0 radical (unpaired) electrons. The molecule has 2 rings (SSSR count). The summed E-state index contributed by atoms with van der Waals surface area (Å²) < 4.78 is 0. The average molecular weight is 213 g/mol. The van der Waals surface area contributed by atoms with Crippen LogP contribution in [0.25, 0.3) is 0 Å². The zero-order valence-electron chi connectivity index (χ0n) is 9.71. The van der Waals surface area contributed by atoms with Crippen molar-refractivity contribution < 1.29 is 4.79 Å². The summed E-state index contributed by atoms with van der Waals surface area (Å²) in [6.45, 7) is 3.94. The molecule has 0 aliphatic heterocycles. The van der Waals surface area contributed by atoms with Gasteiger partial charge in [0.25, 0.3) is 0 Å². The molecule has 1 aromatic rings. The third-order valence-corrected chi connectivity index (χ3v) is 3.48. The molecule has 0 aromatic heterocycles. The SMILES string of the molecule is Cc1ccc(C(=O)C2(C#N)CCC2)c(C)c1. The van der Waals surface area contributed by atoms with E-state index in [2.05, 4.69) is 6.07 Å². The lowest BCUT2D eigenvalue weighted by atomic mass is 9.65. The molecule has 0 saturated heterocycles. The summed E-state index contributed by atoms with van der Waals surface area (Å²) in [5.41, 5.74) is 2.12. The fraction of sp³-hybridized carbons (Fsp3) is 0.429. The first-order valence-electron chi connectivity index (χ1n) is 5.62. The van der Waals surface area contributed by atoms with Crippen molar-refractivity contribution in [2.24, 2.45) is 5.41 Å². The highest BCUT2D eigenvalue weighted by Crippen LogP contribution is 2.43. The van der Waals surface area contributed by atoms with Crippen LogP contribution in [0.15, 0.2) is 18.2 Å². The van der Waals surface area contributed by atoms with E-state index in [4.69, 9.17) is 5.26 Å². The van der Waals surface area contributed by atoms with Gasteiger partial charge in [-0.1, -0.05) is 23.8 Å². The summed E-state index contributed by atoms with van der Waals surface area (Å²) in [4.78, 5) is 12.3. The Morgan fingerprint density at radius 1 is 1.38 bits per heavy atom. The minimum atomic E-state index is -0.722. The molecule has 0 atom stereocenters. The van der Waals surface area contributed by atoms with Crippen molar-refractivity contribution in [1.29, 1.82) is 5.26 Å². The highest BCUT2D eigenvalue weighted by atomic mass is 16.1. The van der Waals surface area contributed by atoms with Gasteiger partial charge in [-0.2, -0.15) is 5.26 Å². The predicted molar refractivity (Wildman–Crippen MR) is 62.1 cm³/mol. The van der Waals surface area contributed by atoms with Crippen LogP contribution in [0, 0.1) is 30.6 Å². The third-order valence-electron chi connectivity index (χ3n) is 3.48. The Morgan fingerprint density at radius 2 is 2.06 bits per heavy atom. The summed E-state index contributed by atoms with van der Waals surface area (Å²) in [6.07, 6.45) is 2.43. The topological polar surface area (TPSA) is 40.9 Å². The van der Waals surface area contributed by atoms with Crippen molar-refractivity contribution in [3.8, 4) is 6.07 Å². The van der Waals surface area contributed by atoms with Crippen LogP contribution in [0.5, 0.6) is 0 Å². The van der Waals surface area contributed by atoms with Crippen molar-refractivity contribution in [3.05, 3.63) is 34.9 Å². The minimum absolute atomic E-state index is 0.0127. The first-order chi connectivity index (χ1) is 7.59. The number of carbonyl (C=O) groups excluding carboxylic acids is 1. The van der Waals surface area contributed by atoms with Gasteiger partial charge in [-0.15, -0.1) is 0 Å². The number of rotatable bonds is 2. The van der Waals surface area contributed by atoms with E-state index in [1.807, 2.05) is 32.0 Å². The van der Waals surface area contributed by atoms with E-state index >= 15 is 0 Å². The Bertz CT molecular complexity index is 478. The maximum atomic E-state index is 12.3. The number of nitrogens with zero attached hydrogens (tertiary/aromatic N) is 1. The van der Waals surface area contributed by atoms with Gasteiger partial charge in [-0.25, -0.2) is 0 Å². The van der Waals surface area contributed by atoms with Crippen LogP contribution in [-0.4, -0.2) is 5.78 Å². The maximum absolute atomic E-state index is 12.3. The van der Waals surface area contributed by atoms with Crippen LogP contribution < -0.4 is 0 Å². The number of Topliss-reactive ketones (excluding diaryl/α,β-unsaturated/α-hetero) is 1. The first-order valence-corrected chi connectivity index (χ1v) is 5.62. The summed E-state index contributed by atoms with van der Waals surface area (Å²) >= 11 is 0. The summed E-state index contributed by atoms with van der Waals surface area (Å²) in [7, 11) is 0. The van der Waals surface area contributed by atoms with Gasteiger partial charge < -0.3 is 0 Å². The molecule has 0 heterocycles. The van der Waals surface area contributed by atoms with Crippen LogP contribution in [0.2, 0.25) is 0 Å². The lowest BCUT2D eigenvalue weighted by Gasteiger charge is -2.33. The van der Waals surface area contributed by atoms with Gasteiger partial charge in [0.2, 0.25) is 0 Å². The third kappa shape index (κ3) is 1.53. The zero-order chi connectivity index (χ0) is 11.8. The first kappa shape index (κ1) is 10.9. The number of benzene rings is 1. The van der Waals surface area contributed by atoms with Gasteiger partial charge in [0.1, 0.15) is 5.41 Å². The van der Waals surface area contributed by atoms with E-state index in [-0.39, 0.29) is 5.78 Å². The van der Waals surface area contributed by atoms with Crippen molar-refractivity contribution >= 4 is 5.78 Å². The fourth-order valence-corrected chi connectivity index (χ4v) is 2.25. The molecule has 0 bridgehead atoms. The second kappa shape index (κ2) is 3.75. The zero-order valence-corrected chi connectivity index (χ0v) is 9.71. The largest absolute Gasteiger partial charge is 0.292 e. The highest BCUT2D eigenvalue weighted by molar-refractivity contribution is 6.04. The Hall–Kier alpha value is -1.62. The van der Waals surface area contributed by atoms with E-state index in [9.17, 15) is 4.79 Å². The molecule has 2 nitrogen and oxygen atoms in total. The molecule has 16 heavy (non-hydrogen) atoms. The molecule has 0 spiro atoms. The molecule has 1 fully saturated rings. The lowest BCUT2D eigenvalue weighted by Crippen LogP contribution is -2.36. The second-order valence-electron chi connectivity index (χ2n) is 4.69. The van der Waals surface area contributed by atoms with E-state index in [0.717, 1.165) is 30.4 Å². The Balaban J connectivity index is 2.38. The van der Waals surface area contributed by atoms with Crippen LogP contribution >= 0.6 is 0 Å². The molecule has 1 aromatic carbocycles. The van der Waals surface area contributed by atoms with Gasteiger partial charge in [0, 0.05) is 5.56 Å². The molecule has 0 N–H and O–H groups in total. The quantitative estimate of drug-likeness (QED) is 0.708. The summed E-state index contributed by atoms with van der Waals surface area (Å²) in [5, 5.41) is 9.14. The monoisotopic (exact) mass is 213 g/mol. The van der Waals surface area contributed by atoms with Gasteiger partial charge in [0.15, 0.2) is 5.78 Å². The van der Waals surface area contributed by atoms with Crippen LogP contribution in [0.3, 0.4) is 0 Å². The Labute approximate surface area is 95.9 Å². The molecule has 1 aliphatic rings. The molecule has 1 saturated carbocycles. The van der Waals surface area contributed by atoms with E-state index in [0.29, 0.717) is 5.56 Å². The highest BCUT2D eigenvalue weighted by Gasteiger charge is 2.45. The molecule has 82 valence electrons. The van der Waals surface area contributed by atoms with Gasteiger partial charge in [-0.3, -0.25) is 4.79 Å². The van der Waals surface area contributed by atoms with E-state index in [1.54, 1.807) is 0 Å². The molecular weight excluding hydrogens is 198 g/mol. The van der Waals surface area contributed by atoms with E-state index in [1.165, 1.54) is 0 Å². The smallest absolute Gasteiger partial charge is 0.183 e. The molecule has 2 heteroatoms. The predicted octanol–water partition coefficient (Wildman–Crippen LogP) is 3.18. The normalized spacial score (nSPS) is 17.3. The summed E-state index contributed by atoms with van der Waals surface area (Å²) in [5.74, 6) is 0.0127. The average Bonchev–Trinajstić information content (AvgIpc) is 2.16. The van der Waals surface area contributed by atoms with Crippen LogP contribution in [0.1, 0.15) is 40.7 Å². The van der Waals surface area contributed by atoms with Gasteiger partial charge >= 0.3 is 0 Å². The second-order valence-corrected chi connectivity index (χ2v) is 4.69. The van der Waals surface area contributed by atoms with Crippen molar-refractivity contribution in [2.75, 3.05) is 0 Å². The van der Waals surface area contributed by atoms with E-state index < -0.39 is 5.41 Å². The van der Waals surface area contributed by atoms with Crippen LogP contribution in [0.4, 0.5) is 0 Å². The fourth-order valence-electron chi connectivity index (χ4n) is 2.25. The van der Waals surface area contributed by atoms with Crippen LogP contribution in [-0.2, 0) is 0 Å². The Morgan fingerprint density at radius 3 is 2.50 bits per heavy atom. The molecule has 0 unspecified atom stereocenters. The number of hydrogen-bond donors (Lipinski definition) is 0. The molecule has 0 amide bonds. The number of ketones is 1. The standard InChI is InChI=1S/C14H15NO/c1-10-4-5-12(11(2)8-10)13(16)14(9-15)6-3-7-14/h4-5,8H,3,6-7H2,1-2H3. The van der Waals surface area contributed by atoms with Crippen molar-refractivity contribution in [3.63, 3.8) is 0 Å². The number of carbonyl (C=O) groups is 1. The Kier molecular flexibility index (Phi) is 2.55. The minimum Gasteiger partial charge on any atom is -0.292 e. The molecule has 1 aliphatic carbocycles. The van der Waals surface area contributed by atoms with Crippen molar-refractivity contribution in [2.45, 2.75) is 33.1 Å². The van der Waals surface area contributed by atoms with Crippen molar-refractivity contribution in [1.82, 2.24) is 0 Å². The van der Waals surface area contributed by atoms with Gasteiger partial charge in [0.05, 0.1) is 6.07 Å². The number of hydrogen-bond acceptors (Lipinski definition) is 2. The summed E-state index contributed by atoms with van der Waals surface area (Å²) in [6, 6.07) is 7.99.